The number of thiophene rings is 1. The molecule has 0 saturated heterocycles. The van der Waals surface area contributed by atoms with Gasteiger partial charge in [-0.1, -0.05) is 19.9 Å². The summed E-state index contributed by atoms with van der Waals surface area (Å²) in [5.41, 5.74) is 0. The SMILES string of the molecule is CC(C)CCCOC(=O)C(C)NC(=O)c1cccs1. The number of esters is 1. The first-order valence-corrected chi connectivity index (χ1v) is 7.39. The lowest BCUT2D eigenvalue weighted by atomic mass is 10.1. The average molecular weight is 283 g/mol. The van der Waals surface area contributed by atoms with Gasteiger partial charge in [0.05, 0.1) is 11.5 Å². The summed E-state index contributed by atoms with van der Waals surface area (Å²) in [7, 11) is 0. The first kappa shape index (κ1) is 15.7. The van der Waals surface area contributed by atoms with Crippen molar-refractivity contribution in [2.24, 2.45) is 5.92 Å². The van der Waals surface area contributed by atoms with E-state index in [4.69, 9.17) is 4.74 Å². The van der Waals surface area contributed by atoms with Crippen molar-refractivity contribution in [3.63, 3.8) is 0 Å². The van der Waals surface area contributed by atoms with Crippen LogP contribution in [0.1, 0.15) is 43.3 Å². The summed E-state index contributed by atoms with van der Waals surface area (Å²) in [6, 6.07) is 2.91. The number of hydrogen-bond donors (Lipinski definition) is 1. The molecule has 106 valence electrons. The van der Waals surface area contributed by atoms with E-state index in [1.807, 2.05) is 5.38 Å². The van der Waals surface area contributed by atoms with Crippen LogP contribution in [0, 0.1) is 5.92 Å². The zero-order valence-electron chi connectivity index (χ0n) is 11.6. The van der Waals surface area contributed by atoms with Crippen molar-refractivity contribution in [1.29, 1.82) is 0 Å². The molecule has 0 spiro atoms. The number of nitrogens with one attached hydrogen (secondary N) is 1. The molecule has 0 aliphatic rings. The average Bonchev–Trinajstić information content (AvgIpc) is 2.87. The molecule has 1 N–H and O–H groups in total. The molecular formula is C14H21NO3S. The van der Waals surface area contributed by atoms with E-state index in [0.29, 0.717) is 17.4 Å². The lowest BCUT2D eigenvalue weighted by molar-refractivity contribution is -0.145. The number of ether oxygens (including phenoxy) is 1. The number of carbonyl (C=O) groups excluding carboxylic acids is 2. The molecule has 1 aromatic heterocycles. The van der Waals surface area contributed by atoms with Crippen molar-refractivity contribution in [2.45, 2.75) is 39.7 Å². The maximum absolute atomic E-state index is 11.7. The van der Waals surface area contributed by atoms with Gasteiger partial charge in [-0.15, -0.1) is 11.3 Å². The van der Waals surface area contributed by atoms with Gasteiger partial charge >= 0.3 is 5.97 Å². The minimum absolute atomic E-state index is 0.235. The van der Waals surface area contributed by atoms with Gasteiger partial charge in [0.2, 0.25) is 0 Å². The Morgan fingerprint density at radius 3 is 2.68 bits per heavy atom. The van der Waals surface area contributed by atoms with Crippen LogP contribution in [0.4, 0.5) is 0 Å². The van der Waals surface area contributed by atoms with Crippen molar-refractivity contribution in [1.82, 2.24) is 5.32 Å². The monoisotopic (exact) mass is 283 g/mol. The highest BCUT2D eigenvalue weighted by Gasteiger charge is 2.18. The van der Waals surface area contributed by atoms with Crippen molar-refractivity contribution < 1.29 is 14.3 Å². The lowest BCUT2D eigenvalue weighted by Gasteiger charge is -2.13. The largest absolute Gasteiger partial charge is 0.464 e. The fraction of sp³-hybridized carbons (Fsp3) is 0.571. The zero-order chi connectivity index (χ0) is 14.3. The van der Waals surface area contributed by atoms with Crippen molar-refractivity contribution >= 4 is 23.2 Å². The minimum atomic E-state index is -0.617. The third-order valence-corrected chi connectivity index (χ3v) is 3.48. The van der Waals surface area contributed by atoms with Gasteiger partial charge in [-0.3, -0.25) is 4.79 Å². The van der Waals surface area contributed by atoms with Gasteiger partial charge in [0.25, 0.3) is 5.91 Å². The summed E-state index contributed by atoms with van der Waals surface area (Å²) in [4.78, 5) is 24.0. The molecule has 0 radical (unpaired) electrons. The Morgan fingerprint density at radius 1 is 1.37 bits per heavy atom. The van der Waals surface area contributed by atoms with E-state index in [-0.39, 0.29) is 11.9 Å². The van der Waals surface area contributed by atoms with Crippen molar-refractivity contribution in [2.75, 3.05) is 6.61 Å². The molecule has 0 aromatic carbocycles. The molecule has 0 aliphatic heterocycles. The topological polar surface area (TPSA) is 55.4 Å². The first-order valence-electron chi connectivity index (χ1n) is 6.51. The number of rotatable bonds is 7. The van der Waals surface area contributed by atoms with Crippen molar-refractivity contribution in [3.8, 4) is 0 Å². The molecule has 1 amide bonds. The van der Waals surface area contributed by atoms with E-state index in [2.05, 4.69) is 19.2 Å². The fourth-order valence-corrected chi connectivity index (χ4v) is 2.15. The van der Waals surface area contributed by atoms with Crippen LogP contribution in [0.25, 0.3) is 0 Å². The molecule has 1 heterocycles. The predicted octanol–water partition coefficient (Wildman–Crippen LogP) is 2.85. The Labute approximate surface area is 118 Å². The number of amides is 1. The fourth-order valence-electron chi connectivity index (χ4n) is 1.52. The Kier molecular flexibility index (Phi) is 6.56. The van der Waals surface area contributed by atoms with Crippen LogP contribution in [0.5, 0.6) is 0 Å². The molecule has 1 atom stereocenters. The van der Waals surface area contributed by atoms with E-state index >= 15 is 0 Å². The Morgan fingerprint density at radius 2 is 2.11 bits per heavy atom. The second kappa shape index (κ2) is 7.94. The van der Waals surface area contributed by atoms with Gasteiger partial charge in [0, 0.05) is 0 Å². The lowest BCUT2D eigenvalue weighted by Crippen LogP contribution is -2.39. The Hall–Kier alpha value is -1.36. The third kappa shape index (κ3) is 5.87. The highest BCUT2D eigenvalue weighted by atomic mass is 32.1. The maximum Gasteiger partial charge on any atom is 0.328 e. The van der Waals surface area contributed by atoms with Gasteiger partial charge in [-0.2, -0.15) is 0 Å². The van der Waals surface area contributed by atoms with E-state index in [1.54, 1.807) is 19.1 Å². The Bertz CT molecular complexity index is 401. The van der Waals surface area contributed by atoms with Crippen LogP contribution in [0.15, 0.2) is 17.5 Å². The molecule has 0 aliphatic carbocycles. The standard InChI is InChI=1S/C14H21NO3S/c1-10(2)6-4-8-18-14(17)11(3)15-13(16)12-7-5-9-19-12/h5,7,9-11H,4,6,8H2,1-3H3,(H,15,16). The van der Waals surface area contributed by atoms with Gasteiger partial charge in [-0.25, -0.2) is 4.79 Å². The number of hydrogen-bond acceptors (Lipinski definition) is 4. The van der Waals surface area contributed by atoms with Gasteiger partial charge in [0.1, 0.15) is 6.04 Å². The van der Waals surface area contributed by atoms with Crippen LogP contribution < -0.4 is 5.32 Å². The van der Waals surface area contributed by atoms with E-state index in [1.165, 1.54) is 11.3 Å². The molecule has 0 bridgehead atoms. The molecule has 0 saturated carbocycles. The molecule has 1 unspecified atom stereocenters. The summed E-state index contributed by atoms with van der Waals surface area (Å²) in [5.74, 6) is -0.00931. The molecular weight excluding hydrogens is 262 g/mol. The van der Waals surface area contributed by atoms with Gasteiger partial charge in [0.15, 0.2) is 0 Å². The zero-order valence-corrected chi connectivity index (χ0v) is 12.5. The van der Waals surface area contributed by atoms with E-state index < -0.39 is 6.04 Å². The van der Waals surface area contributed by atoms with E-state index in [9.17, 15) is 9.59 Å². The summed E-state index contributed by atoms with van der Waals surface area (Å²) in [6.07, 6.45) is 1.89. The van der Waals surface area contributed by atoms with Crippen LogP contribution in [-0.2, 0) is 9.53 Å². The van der Waals surface area contributed by atoms with E-state index in [0.717, 1.165) is 12.8 Å². The predicted molar refractivity (Wildman–Crippen MR) is 76.3 cm³/mol. The van der Waals surface area contributed by atoms with Crippen LogP contribution in [0.3, 0.4) is 0 Å². The van der Waals surface area contributed by atoms with Crippen LogP contribution in [-0.4, -0.2) is 24.5 Å². The number of carbonyl (C=O) groups is 2. The van der Waals surface area contributed by atoms with Gasteiger partial charge in [-0.05, 0) is 37.1 Å². The van der Waals surface area contributed by atoms with Gasteiger partial charge < -0.3 is 10.1 Å². The maximum atomic E-state index is 11.7. The van der Waals surface area contributed by atoms with Crippen molar-refractivity contribution in [3.05, 3.63) is 22.4 Å². The second-order valence-electron chi connectivity index (χ2n) is 4.88. The summed E-state index contributed by atoms with van der Waals surface area (Å²) in [6.45, 7) is 6.31. The molecule has 5 heteroatoms. The molecule has 1 rings (SSSR count). The Balaban J connectivity index is 2.27. The molecule has 1 aromatic rings. The molecule has 0 fully saturated rings. The summed E-state index contributed by atoms with van der Waals surface area (Å²) >= 11 is 1.35. The quantitative estimate of drug-likeness (QED) is 0.618. The minimum Gasteiger partial charge on any atom is -0.464 e. The van der Waals surface area contributed by atoms with Crippen LogP contribution >= 0.6 is 11.3 Å². The first-order chi connectivity index (χ1) is 9.00. The normalized spacial score (nSPS) is 12.2. The summed E-state index contributed by atoms with van der Waals surface area (Å²) < 4.78 is 5.12. The molecule has 19 heavy (non-hydrogen) atoms. The summed E-state index contributed by atoms with van der Waals surface area (Å²) in [5, 5.41) is 4.45. The highest BCUT2D eigenvalue weighted by Crippen LogP contribution is 2.08. The second-order valence-corrected chi connectivity index (χ2v) is 5.82. The third-order valence-electron chi connectivity index (χ3n) is 2.62. The van der Waals surface area contributed by atoms with Crippen LogP contribution in [0.2, 0.25) is 0 Å². The smallest absolute Gasteiger partial charge is 0.328 e. The highest BCUT2D eigenvalue weighted by molar-refractivity contribution is 7.12. The molecule has 4 nitrogen and oxygen atoms in total.